The molecule has 0 aliphatic heterocycles. The quantitative estimate of drug-likeness (QED) is 0.875. The number of benzene rings is 1. The van der Waals surface area contributed by atoms with Gasteiger partial charge < -0.3 is 5.32 Å². The Morgan fingerprint density at radius 2 is 1.86 bits per heavy atom. The summed E-state index contributed by atoms with van der Waals surface area (Å²) in [5.41, 5.74) is -1.97. The number of rotatable bonds is 3. The molecule has 1 N–H and O–H groups in total. The molecule has 0 amide bonds. The summed E-state index contributed by atoms with van der Waals surface area (Å²) >= 11 is 0. The molecule has 112 valence electrons. The molecule has 0 aliphatic carbocycles. The zero-order valence-corrected chi connectivity index (χ0v) is 10.8. The minimum Gasteiger partial charge on any atom is -0.354 e. The van der Waals surface area contributed by atoms with Gasteiger partial charge in [-0.3, -0.25) is 0 Å². The summed E-state index contributed by atoms with van der Waals surface area (Å²) in [7, 11) is 0. The molecule has 0 unspecified atom stereocenters. The maximum atomic E-state index is 13.7. The van der Waals surface area contributed by atoms with Crippen molar-refractivity contribution in [3.63, 3.8) is 0 Å². The van der Waals surface area contributed by atoms with E-state index in [0.29, 0.717) is 18.7 Å². The van der Waals surface area contributed by atoms with Crippen LogP contribution in [0.1, 0.15) is 12.5 Å². The maximum absolute atomic E-state index is 13.7. The SMILES string of the molecule is CCNc1ncc(F)c(-c2ccc(F)c(C(F)(F)F)c2)n1. The fraction of sp³-hybridized carbons (Fsp3) is 0.231. The molecule has 0 spiro atoms. The van der Waals surface area contributed by atoms with Crippen LogP contribution in [0.2, 0.25) is 0 Å². The van der Waals surface area contributed by atoms with Crippen LogP contribution in [0, 0.1) is 11.6 Å². The highest BCUT2D eigenvalue weighted by Crippen LogP contribution is 2.34. The molecular weight excluding hydrogens is 293 g/mol. The van der Waals surface area contributed by atoms with Gasteiger partial charge in [0.2, 0.25) is 5.95 Å². The molecule has 0 saturated carbocycles. The zero-order valence-electron chi connectivity index (χ0n) is 10.8. The molecule has 0 saturated heterocycles. The number of alkyl halides is 3. The predicted octanol–water partition coefficient (Wildman–Crippen LogP) is 3.87. The second kappa shape index (κ2) is 5.63. The van der Waals surface area contributed by atoms with Crippen LogP contribution < -0.4 is 5.32 Å². The monoisotopic (exact) mass is 303 g/mol. The van der Waals surface area contributed by atoms with Crippen LogP contribution in [0.25, 0.3) is 11.3 Å². The molecule has 0 radical (unpaired) electrons. The molecule has 1 heterocycles. The van der Waals surface area contributed by atoms with E-state index >= 15 is 0 Å². The highest BCUT2D eigenvalue weighted by molar-refractivity contribution is 5.62. The fourth-order valence-electron chi connectivity index (χ4n) is 1.70. The van der Waals surface area contributed by atoms with E-state index in [1.807, 2.05) is 0 Å². The Balaban J connectivity index is 2.54. The second-order valence-electron chi connectivity index (χ2n) is 4.11. The number of aromatic nitrogens is 2. The number of nitrogens with zero attached hydrogens (tertiary/aromatic N) is 2. The van der Waals surface area contributed by atoms with Gasteiger partial charge in [-0.1, -0.05) is 0 Å². The Bertz CT molecular complexity index is 655. The van der Waals surface area contributed by atoms with Crippen molar-refractivity contribution in [1.82, 2.24) is 9.97 Å². The van der Waals surface area contributed by atoms with Crippen molar-refractivity contribution in [3.8, 4) is 11.3 Å². The largest absolute Gasteiger partial charge is 0.419 e. The van der Waals surface area contributed by atoms with Crippen molar-refractivity contribution < 1.29 is 22.0 Å². The van der Waals surface area contributed by atoms with Crippen molar-refractivity contribution in [2.75, 3.05) is 11.9 Å². The highest BCUT2D eigenvalue weighted by atomic mass is 19.4. The molecule has 21 heavy (non-hydrogen) atoms. The number of halogens is 5. The van der Waals surface area contributed by atoms with Gasteiger partial charge in [0, 0.05) is 12.1 Å². The van der Waals surface area contributed by atoms with E-state index < -0.39 is 23.4 Å². The minimum atomic E-state index is -4.87. The van der Waals surface area contributed by atoms with Crippen LogP contribution >= 0.6 is 0 Å². The fourth-order valence-corrected chi connectivity index (χ4v) is 1.70. The van der Waals surface area contributed by atoms with Gasteiger partial charge in [0.05, 0.1) is 11.8 Å². The van der Waals surface area contributed by atoms with Gasteiger partial charge >= 0.3 is 6.18 Å². The Morgan fingerprint density at radius 1 is 1.14 bits per heavy atom. The predicted molar refractivity (Wildman–Crippen MR) is 66.5 cm³/mol. The Hall–Kier alpha value is -2.25. The third kappa shape index (κ3) is 3.26. The van der Waals surface area contributed by atoms with Crippen molar-refractivity contribution >= 4 is 5.95 Å². The molecule has 0 bridgehead atoms. The van der Waals surface area contributed by atoms with Crippen LogP contribution in [-0.2, 0) is 6.18 Å². The lowest BCUT2D eigenvalue weighted by Crippen LogP contribution is -2.09. The number of anilines is 1. The van der Waals surface area contributed by atoms with Crippen molar-refractivity contribution in [2.24, 2.45) is 0 Å². The first-order valence-corrected chi connectivity index (χ1v) is 5.96. The van der Waals surface area contributed by atoms with Crippen LogP contribution in [-0.4, -0.2) is 16.5 Å². The van der Waals surface area contributed by atoms with E-state index in [2.05, 4.69) is 15.3 Å². The van der Waals surface area contributed by atoms with Gasteiger partial charge in [0.25, 0.3) is 0 Å². The highest BCUT2D eigenvalue weighted by Gasteiger charge is 2.34. The van der Waals surface area contributed by atoms with Crippen LogP contribution in [0.3, 0.4) is 0 Å². The summed E-state index contributed by atoms with van der Waals surface area (Å²) in [6.07, 6.45) is -4.02. The van der Waals surface area contributed by atoms with E-state index in [1.54, 1.807) is 6.92 Å². The second-order valence-corrected chi connectivity index (χ2v) is 4.11. The van der Waals surface area contributed by atoms with E-state index in [0.717, 1.165) is 12.3 Å². The summed E-state index contributed by atoms with van der Waals surface area (Å²) in [4.78, 5) is 7.45. The van der Waals surface area contributed by atoms with Gasteiger partial charge in [0.15, 0.2) is 5.82 Å². The van der Waals surface area contributed by atoms with Gasteiger partial charge in [-0.15, -0.1) is 0 Å². The molecule has 3 nitrogen and oxygen atoms in total. The van der Waals surface area contributed by atoms with Gasteiger partial charge in [0.1, 0.15) is 11.5 Å². The molecule has 1 aromatic heterocycles. The normalized spacial score (nSPS) is 11.5. The van der Waals surface area contributed by atoms with E-state index in [9.17, 15) is 22.0 Å². The summed E-state index contributed by atoms with van der Waals surface area (Å²) in [5, 5.41) is 2.72. The molecule has 1 aromatic carbocycles. The molecular formula is C13H10F5N3. The first kappa shape index (κ1) is 15.1. The van der Waals surface area contributed by atoms with E-state index in [1.165, 1.54) is 0 Å². The van der Waals surface area contributed by atoms with Crippen molar-refractivity contribution in [1.29, 1.82) is 0 Å². The average molecular weight is 303 g/mol. The lowest BCUT2D eigenvalue weighted by atomic mass is 10.1. The summed E-state index contributed by atoms with van der Waals surface area (Å²) in [6, 6.07) is 2.19. The molecule has 0 fully saturated rings. The smallest absolute Gasteiger partial charge is 0.354 e. The molecule has 2 aromatic rings. The Kier molecular flexibility index (Phi) is 4.06. The summed E-state index contributed by atoms with van der Waals surface area (Å²) in [6.45, 7) is 2.22. The first-order valence-electron chi connectivity index (χ1n) is 5.96. The zero-order chi connectivity index (χ0) is 15.6. The van der Waals surface area contributed by atoms with Gasteiger partial charge in [-0.2, -0.15) is 13.2 Å². The van der Waals surface area contributed by atoms with E-state index in [-0.39, 0.29) is 17.2 Å². The standard InChI is InChI=1S/C13H10F5N3/c1-2-19-12-20-6-10(15)11(21-12)7-3-4-9(14)8(5-7)13(16,17)18/h3-6H,2H2,1H3,(H,19,20,21). The summed E-state index contributed by atoms with van der Waals surface area (Å²) < 4.78 is 64.9. The average Bonchev–Trinajstić information content (AvgIpc) is 2.41. The molecule has 2 rings (SSSR count). The lowest BCUT2D eigenvalue weighted by Gasteiger charge is -2.11. The van der Waals surface area contributed by atoms with Crippen LogP contribution in [0.15, 0.2) is 24.4 Å². The van der Waals surface area contributed by atoms with Crippen molar-refractivity contribution in [2.45, 2.75) is 13.1 Å². The Labute approximate surface area is 116 Å². The Morgan fingerprint density at radius 3 is 2.48 bits per heavy atom. The molecule has 0 aliphatic rings. The maximum Gasteiger partial charge on any atom is 0.419 e. The third-order valence-corrected chi connectivity index (χ3v) is 2.62. The minimum absolute atomic E-state index is 0.0757. The van der Waals surface area contributed by atoms with Gasteiger partial charge in [-0.25, -0.2) is 18.7 Å². The number of nitrogens with one attached hydrogen (secondary N) is 1. The third-order valence-electron chi connectivity index (χ3n) is 2.62. The molecule has 0 atom stereocenters. The lowest BCUT2D eigenvalue weighted by molar-refractivity contribution is -0.139. The summed E-state index contributed by atoms with van der Waals surface area (Å²) in [5.74, 6) is -2.24. The first-order chi connectivity index (χ1) is 9.82. The van der Waals surface area contributed by atoms with Crippen LogP contribution in [0.4, 0.5) is 27.9 Å². The van der Waals surface area contributed by atoms with Crippen LogP contribution in [0.5, 0.6) is 0 Å². The topological polar surface area (TPSA) is 37.8 Å². The van der Waals surface area contributed by atoms with E-state index in [4.69, 9.17) is 0 Å². The molecule has 8 heteroatoms. The van der Waals surface area contributed by atoms with Gasteiger partial charge in [-0.05, 0) is 25.1 Å². The van der Waals surface area contributed by atoms with Crippen molar-refractivity contribution in [3.05, 3.63) is 41.6 Å². The number of hydrogen-bond acceptors (Lipinski definition) is 3. The number of hydrogen-bond donors (Lipinski definition) is 1.